The highest BCUT2D eigenvalue weighted by Crippen LogP contribution is 2.31. The number of hydrogen-bond acceptors (Lipinski definition) is 3. The number of nitrogens with zero attached hydrogens (tertiary/aromatic N) is 2. The number of aryl methyl sites for hydroxylation is 1. The van der Waals surface area contributed by atoms with Crippen molar-refractivity contribution in [3.63, 3.8) is 0 Å². The lowest BCUT2D eigenvalue weighted by Gasteiger charge is -2.28. The zero-order chi connectivity index (χ0) is 13.5. The van der Waals surface area contributed by atoms with Gasteiger partial charge >= 0.3 is 0 Å². The summed E-state index contributed by atoms with van der Waals surface area (Å²) in [6, 6.07) is 8.12. The quantitative estimate of drug-likeness (QED) is 0.918. The summed E-state index contributed by atoms with van der Waals surface area (Å²) >= 11 is 0. The molecule has 4 nitrogen and oxygen atoms in total. The summed E-state index contributed by atoms with van der Waals surface area (Å²) in [6.45, 7) is 2.74. The Morgan fingerprint density at radius 2 is 2.26 bits per heavy atom. The summed E-state index contributed by atoms with van der Waals surface area (Å²) in [7, 11) is 1.94. The Morgan fingerprint density at radius 3 is 3.00 bits per heavy atom. The van der Waals surface area contributed by atoms with Gasteiger partial charge < -0.3 is 9.84 Å². The number of ether oxygens (including phenoxy) is 1. The molecule has 2 aromatic rings. The van der Waals surface area contributed by atoms with Crippen LogP contribution >= 0.6 is 0 Å². The van der Waals surface area contributed by atoms with Crippen molar-refractivity contribution in [2.75, 3.05) is 6.61 Å². The molecule has 1 aromatic carbocycles. The average molecular weight is 260 g/mol. The van der Waals surface area contributed by atoms with Crippen molar-refractivity contribution in [2.45, 2.75) is 37.9 Å². The summed E-state index contributed by atoms with van der Waals surface area (Å²) < 4.78 is 7.58. The number of aliphatic hydroxyl groups is 1. The van der Waals surface area contributed by atoms with Gasteiger partial charge in [0, 0.05) is 25.5 Å². The van der Waals surface area contributed by atoms with E-state index in [1.807, 2.05) is 36.9 Å². The number of aliphatic hydroxyl groups excluding tert-OH is 1. The zero-order valence-electron chi connectivity index (χ0n) is 11.5. The molecule has 0 radical (unpaired) electrons. The van der Waals surface area contributed by atoms with Crippen LogP contribution in [0.25, 0.3) is 10.9 Å². The molecule has 2 atom stereocenters. The molecule has 1 N–H and O–H groups in total. The van der Waals surface area contributed by atoms with Crippen LogP contribution in [0.5, 0.6) is 0 Å². The number of benzene rings is 1. The Hall–Kier alpha value is -1.39. The molecule has 1 saturated heterocycles. The van der Waals surface area contributed by atoms with E-state index in [0.717, 1.165) is 36.0 Å². The molecular weight excluding hydrogens is 240 g/mol. The standard InChI is InChI=1S/C15H20N2O2/c1-15(8-5-9-19-15)14(18)10-12-11-6-3-4-7-13(11)17(2)16-12/h3-4,6-7,14,18H,5,8-10H2,1-2H3. The van der Waals surface area contributed by atoms with E-state index in [0.29, 0.717) is 6.42 Å². The first-order valence-corrected chi connectivity index (χ1v) is 6.83. The summed E-state index contributed by atoms with van der Waals surface area (Å²) in [6.07, 6.45) is 1.97. The average Bonchev–Trinajstić information content (AvgIpc) is 2.97. The fraction of sp³-hybridized carbons (Fsp3) is 0.533. The maximum atomic E-state index is 10.5. The highest BCUT2D eigenvalue weighted by Gasteiger charge is 2.37. The normalized spacial score (nSPS) is 25.0. The van der Waals surface area contributed by atoms with E-state index in [1.165, 1.54) is 0 Å². The predicted molar refractivity (Wildman–Crippen MR) is 74.0 cm³/mol. The Kier molecular flexibility index (Phi) is 3.07. The minimum atomic E-state index is -0.506. The molecule has 3 rings (SSSR count). The van der Waals surface area contributed by atoms with Gasteiger partial charge in [-0.15, -0.1) is 0 Å². The summed E-state index contributed by atoms with van der Waals surface area (Å²) in [5.74, 6) is 0. The largest absolute Gasteiger partial charge is 0.390 e. The fourth-order valence-corrected chi connectivity index (χ4v) is 2.90. The molecule has 0 amide bonds. The van der Waals surface area contributed by atoms with Crippen LogP contribution in [-0.2, 0) is 18.2 Å². The van der Waals surface area contributed by atoms with Gasteiger partial charge in [-0.25, -0.2) is 0 Å². The third-order valence-corrected chi connectivity index (χ3v) is 4.18. The van der Waals surface area contributed by atoms with Crippen molar-refractivity contribution in [3.8, 4) is 0 Å². The van der Waals surface area contributed by atoms with E-state index in [2.05, 4.69) is 11.2 Å². The SMILES string of the molecule is Cn1nc(CC(O)C2(C)CCCO2)c2ccccc21. The minimum Gasteiger partial charge on any atom is -0.390 e. The van der Waals surface area contributed by atoms with E-state index in [1.54, 1.807) is 0 Å². The highest BCUT2D eigenvalue weighted by atomic mass is 16.5. The maximum absolute atomic E-state index is 10.5. The minimum absolute atomic E-state index is 0.418. The molecule has 0 spiro atoms. The van der Waals surface area contributed by atoms with Crippen LogP contribution < -0.4 is 0 Å². The first-order valence-electron chi connectivity index (χ1n) is 6.83. The first-order chi connectivity index (χ1) is 9.10. The number of para-hydroxylation sites is 1. The third-order valence-electron chi connectivity index (χ3n) is 4.18. The Morgan fingerprint density at radius 1 is 1.47 bits per heavy atom. The van der Waals surface area contributed by atoms with E-state index >= 15 is 0 Å². The van der Waals surface area contributed by atoms with Gasteiger partial charge in [0.1, 0.15) is 0 Å². The number of rotatable bonds is 3. The van der Waals surface area contributed by atoms with E-state index in [9.17, 15) is 5.11 Å². The van der Waals surface area contributed by atoms with Crippen LogP contribution in [0.15, 0.2) is 24.3 Å². The van der Waals surface area contributed by atoms with Crippen molar-refractivity contribution in [1.29, 1.82) is 0 Å². The van der Waals surface area contributed by atoms with Crippen LogP contribution in [0.4, 0.5) is 0 Å². The topological polar surface area (TPSA) is 47.3 Å². The van der Waals surface area contributed by atoms with Gasteiger partial charge in [0.2, 0.25) is 0 Å². The second-order valence-electron chi connectivity index (χ2n) is 5.57. The summed E-state index contributed by atoms with van der Waals surface area (Å²) in [5.41, 5.74) is 1.63. The second-order valence-corrected chi connectivity index (χ2v) is 5.57. The molecule has 1 fully saturated rings. The van der Waals surface area contributed by atoms with Crippen LogP contribution in [0.1, 0.15) is 25.5 Å². The molecule has 1 aromatic heterocycles. The van der Waals surface area contributed by atoms with E-state index < -0.39 is 11.7 Å². The van der Waals surface area contributed by atoms with E-state index in [4.69, 9.17) is 4.74 Å². The second kappa shape index (κ2) is 4.62. The van der Waals surface area contributed by atoms with Gasteiger partial charge in [0.15, 0.2) is 0 Å². The fourth-order valence-electron chi connectivity index (χ4n) is 2.90. The molecule has 0 saturated carbocycles. The zero-order valence-corrected chi connectivity index (χ0v) is 11.5. The van der Waals surface area contributed by atoms with Crippen LogP contribution in [0.3, 0.4) is 0 Å². The molecule has 2 heterocycles. The van der Waals surface area contributed by atoms with Crippen molar-refractivity contribution in [2.24, 2.45) is 7.05 Å². The van der Waals surface area contributed by atoms with Crippen LogP contribution in [0.2, 0.25) is 0 Å². The van der Waals surface area contributed by atoms with Gasteiger partial charge in [-0.05, 0) is 25.8 Å². The van der Waals surface area contributed by atoms with Gasteiger partial charge in [0.05, 0.1) is 22.9 Å². The number of fused-ring (bicyclic) bond motifs is 1. The number of hydrogen-bond donors (Lipinski definition) is 1. The molecule has 2 unspecified atom stereocenters. The van der Waals surface area contributed by atoms with E-state index in [-0.39, 0.29) is 0 Å². The first kappa shape index (κ1) is 12.6. The lowest BCUT2D eigenvalue weighted by molar-refractivity contribution is -0.0770. The van der Waals surface area contributed by atoms with Gasteiger partial charge in [-0.1, -0.05) is 18.2 Å². The van der Waals surface area contributed by atoms with Gasteiger partial charge in [-0.3, -0.25) is 4.68 Å². The van der Waals surface area contributed by atoms with Crippen molar-refractivity contribution < 1.29 is 9.84 Å². The third kappa shape index (κ3) is 2.15. The lowest BCUT2D eigenvalue weighted by atomic mass is 9.92. The van der Waals surface area contributed by atoms with Crippen LogP contribution in [0, 0.1) is 0 Å². The highest BCUT2D eigenvalue weighted by molar-refractivity contribution is 5.81. The predicted octanol–water partition coefficient (Wildman–Crippen LogP) is 2.05. The Bertz CT molecular complexity index is 585. The summed E-state index contributed by atoms with van der Waals surface area (Å²) in [4.78, 5) is 0. The Labute approximate surface area is 113 Å². The number of aromatic nitrogens is 2. The van der Waals surface area contributed by atoms with Gasteiger partial charge in [0.25, 0.3) is 0 Å². The lowest BCUT2D eigenvalue weighted by Crippen LogP contribution is -2.40. The summed E-state index contributed by atoms with van der Waals surface area (Å²) in [5, 5.41) is 16.1. The van der Waals surface area contributed by atoms with Crippen molar-refractivity contribution in [1.82, 2.24) is 9.78 Å². The monoisotopic (exact) mass is 260 g/mol. The van der Waals surface area contributed by atoms with Crippen molar-refractivity contribution >= 4 is 10.9 Å². The molecule has 1 aliphatic heterocycles. The molecular formula is C15H20N2O2. The molecule has 102 valence electrons. The molecule has 0 bridgehead atoms. The molecule has 1 aliphatic rings. The molecule has 4 heteroatoms. The van der Waals surface area contributed by atoms with Crippen LogP contribution in [-0.4, -0.2) is 33.2 Å². The van der Waals surface area contributed by atoms with Crippen molar-refractivity contribution in [3.05, 3.63) is 30.0 Å². The maximum Gasteiger partial charge on any atom is 0.0916 e. The molecule has 0 aliphatic carbocycles. The smallest absolute Gasteiger partial charge is 0.0916 e. The Balaban J connectivity index is 1.89. The van der Waals surface area contributed by atoms with Gasteiger partial charge in [-0.2, -0.15) is 5.10 Å². The molecule has 19 heavy (non-hydrogen) atoms.